The first-order valence-electron chi connectivity index (χ1n) is 6.76. The SMILES string of the molecule is NC/C(=C\F)Cn1[nH]c(=O)c2c1CCN(C1CC1)C2=O. The van der Waals surface area contributed by atoms with E-state index in [1.54, 1.807) is 4.90 Å². The number of hydrogen-bond donors (Lipinski definition) is 2. The molecule has 1 amide bonds. The van der Waals surface area contributed by atoms with Crippen molar-refractivity contribution < 1.29 is 9.18 Å². The fourth-order valence-electron chi connectivity index (χ4n) is 2.68. The first-order valence-corrected chi connectivity index (χ1v) is 6.76. The number of hydrogen-bond acceptors (Lipinski definition) is 3. The molecule has 1 aromatic rings. The monoisotopic (exact) mass is 280 g/mol. The van der Waals surface area contributed by atoms with Crippen LogP contribution in [0.1, 0.15) is 28.9 Å². The molecule has 3 rings (SSSR count). The predicted octanol–water partition coefficient (Wildman–Crippen LogP) is 0.149. The van der Waals surface area contributed by atoms with Gasteiger partial charge in [0.1, 0.15) is 5.56 Å². The Bertz CT molecular complexity index is 627. The molecule has 1 aliphatic carbocycles. The van der Waals surface area contributed by atoms with Crippen molar-refractivity contribution in [1.82, 2.24) is 14.7 Å². The number of nitrogens with zero attached hydrogens (tertiary/aromatic N) is 2. The minimum absolute atomic E-state index is 0.0770. The molecule has 20 heavy (non-hydrogen) atoms. The smallest absolute Gasteiger partial charge is 0.277 e. The molecule has 6 nitrogen and oxygen atoms in total. The van der Waals surface area contributed by atoms with Gasteiger partial charge in [-0.15, -0.1) is 0 Å². The Morgan fingerprint density at radius 1 is 1.45 bits per heavy atom. The molecule has 1 aliphatic heterocycles. The van der Waals surface area contributed by atoms with Gasteiger partial charge in [0.25, 0.3) is 11.5 Å². The molecule has 2 heterocycles. The topological polar surface area (TPSA) is 84.1 Å². The third kappa shape index (κ3) is 2.07. The van der Waals surface area contributed by atoms with E-state index in [1.807, 2.05) is 0 Å². The van der Waals surface area contributed by atoms with Gasteiger partial charge in [-0.05, 0) is 18.4 Å². The predicted molar refractivity (Wildman–Crippen MR) is 71.1 cm³/mol. The molecule has 1 saturated carbocycles. The number of aromatic nitrogens is 2. The maximum atomic E-state index is 12.6. The second kappa shape index (κ2) is 4.90. The minimum atomic E-state index is -0.398. The summed E-state index contributed by atoms with van der Waals surface area (Å²) in [4.78, 5) is 26.1. The number of carbonyl (C=O) groups is 1. The lowest BCUT2D eigenvalue weighted by Crippen LogP contribution is -2.41. The van der Waals surface area contributed by atoms with Crippen LogP contribution < -0.4 is 11.3 Å². The van der Waals surface area contributed by atoms with Crippen molar-refractivity contribution in [3.8, 4) is 0 Å². The van der Waals surface area contributed by atoms with Crippen LogP contribution in [0.2, 0.25) is 0 Å². The van der Waals surface area contributed by atoms with Gasteiger partial charge in [-0.1, -0.05) is 0 Å². The third-order valence-electron chi connectivity index (χ3n) is 3.91. The number of H-pyrrole nitrogens is 1. The lowest BCUT2D eigenvalue weighted by molar-refractivity contribution is 0.0724. The average molecular weight is 280 g/mol. The van der Waals surface area contributed by atoms with E-state index >= 15 is 0 Å². The van der Waals surface area contributed by atoms with Gasteiger partial charge in [0, 0.05) is 25.6 Å². The molecular weight excluding hydrogens is 263 g/mol. The van der Waals surface area contributed by atoms with E-state index in [9.17, 15) is 14.0 Å². The molecule has 7 heteroatoms. The summed E-state index contributed by atoms with van der Waals surface area (Å²) >= 11 is 0. The molecule has 0 radical (unpaired) electrons. The molecule has 3 N–H and O–H groups in total. The summed E-state index contributed by atoms with van der Waals surface area (Å²) in [5.41, 5.74) is 6.26. The summed E-state index contributed by atoms with van der Waals surface area (Å²) < 4.78 is 14.2. The van der Waals surface area contributed by atoms with E-state index in [0.29, 0.717) is 36.6 Å². The number of amides is 1. The van der Waals surface area contributed by atoms with Crippen molar-refractivity contribution in [3.05, 3.63) is 33.5 Å². The summed E-state index contributed by atoms with van der Waals surface area (Å²) in [6.45, 7) is 0.868. The number of nitrogens with one attached hydrogen (secondary N) is 1. The van der Waals surface area contributed by atoms with Crippen LogP contribution in [-0.4, -0.2) is 39.7 Å². The first-order chi connectivity index (χ1) is 9.65. The number of carbonyl (C=O) groups excluding carboxylic acids is 1. The Morgan fingerprint density at radius 2 is 2.20 bits per heavy atom. The summed E-state index contributed by atoms with van der Waals surface area (Å²) in [5, 5.41) is 2.62. The Labute approximate surface area is 115 Å². The molecule has 0 spiro atoms. The van der Waals surface area contributed by atoms with Gasteiger partial charge in [-0.25, -0.2) is 4.39 Å². The molecule has 0 aromatic carbocycles. The molecule has 0 unspecified atom stereocenters. The van der Waals surface area contributed by atoms with Crippen LogP contribution in [0.3, 0.4) is 0 Å². The molecule has 108 valence electrons. The average Bonchev–Trinajstić information content (AvgIpc) is 3.22. The van der Waals surface area contributed by atoms with E-state index in [0.717, 1.165) is 12.8 Å². The second-order valence-electron chi connectivity index (χ2n) is 5.30. The van der Waals surface area contributed by atoms with Crippen LogP contribution in [0.4, 0.5) is 4.39 Å². The van der Waals surface area contributed by atoms with E-state index in [2.05, 4.69) is 5.10 Å². The standard InChI is InChI=1S/C13H17FN4O2/c14-5-8(6-15)7-18-10-3-4-17(9-1-2-9)13(20)11(10)12(19)16-18/h5,9H,1-4,6-7,15H2,(H,16,19)/b8-5+. The lowest BCUT2D eigenvalue weighted by atomic mass is 10.1. The molecule has 2 aliphatic rings. The van der Waals surface area contributed by atoms with Crippen molar-refractivity contribution >= 4 is 5.91 Å². The van der Waals surface area contributed by atoms with E-state index in [-0.39, 0.29) is 24.6 Å². The molecular formula is C13H17FN4O2. The minimum Gasteiger partial charge on any atom is -0.335 e. The molecule has 0 atom stereocenters. The molecule has 0 saturated heterocycles. The lowest BCUT2D eigenvalue weighted by Gasteiger charge is -2.26. The van der Waals surface area contributed by atoms with Crippen LogP contribution in [0.15, 0.2) is 16.7 Å². The highest BCUT2D eigenvalue weighted by atomic mass is 19.1. The van der Waals surface area contributed by atoms with Crippen molar-refractivity contribution in [3.63, 3.8) is 0 Å². The Hall–Kier alpha value is -1.89. The number of aromatic amines is 1. The Morgan fingerprint density at radius 3 is 2.80 bits per heavy atom. The van der Waals surface area contributed by atoms with Crippen molar-refractivity contribution in [2.45, 2.75) is 31.8 Å². The largest absolute Gasteiger partial charge is 0.335 e. The van der Waals surface area contributed by atoms with Gasteiger partial charge in [-0.2, -0.15) is 0 Å². The van der Waals surface area contributed by atoms with E-state index < -0.39 is 5.56 Å². The summed E-state index contributed by atoms with van der Waals surface area (Å²) in [6.07, 6.45) is 3.09. The van der Waals surface area contributed by atoms with Gasteiger partial charge < -0.3 is 10.6 Å². The highest BCUT2D eigenvalue weighted by Gasteiger charge is 2.38. The quantitative estimate of drug-likeness (QED) is 0.823. The van der Waals surface area contributed by atoms with Crippen LogP contribution >= 0.6 is 0 Å². The highest BCUT2D eigenvalue weighted by Crippen LogP contribution is 2.30. The molecule has 1 aromatic heterocycles. The van der Waals surface area contributed by atoms with Crippen molar-refractivity contribution in [2.75, 3.05) is 13.1 Å². The Kier molecular flexibility index (Phi) is 3.21. The van der Waals surface area contributed by atoms with Gasteiger partial charge in [0.05, 0.1) is 18.6 Å². The summed E-state index contributed by atoms with van der Waals surface area (Å²) in [6, 6.07) is 0.295. The van der Waals surface area contributed by atoms with Crippen LogP contribution in [-0.2, 0) is 13.0 Å². The maximum Gasteiger partial charge on any atom is 0.277 e. The molecule has 0 bridgehead atoms. The Balaban J connectivity index is 1.94. The molecule has 1 fully saturated rings. The normalized spacial score (nSPS) is 19.4. The number of nitrogens with two attached hydrogens (primary N) is 1. The van der Waals surface area contributed by atoms with Gasteiger partial charge in [0.15, 0.2) is 0 Å². The highest BCUT2D eigenvalue weighted by molar-refractivity contribution is 5.96. The van der Waals surface area contributed by atoms with Gasteiger partial charge >= 0.3 is 0 Å². The van der Waals surface area contributed by atoms with E-state index in [1.165, 1.54) is 4.68 Å². The zero-order valence-corrected chi connectivity index (χ0v) is 11.1. The summed E-state index contributed by atoms with van der Waals surface area (Å²) in [5.74, 6) is -0.202. The number of fused-ring (bicyclic) bond motifs is 1. The van der Waals surface area contributed by atoms with Crippen LogP contribution in [0.25, 0.3) is 0 Å². The van der Waals surface area contributed by atoms with Gasteiger partial charge in [-0.3, -0.25) is 19.4 Å². The second-order valence-corrected chi connectivity index (χ2v) is 5.30. The number of rotatable bonds is 4. The van der Waals surface area contributed by atoms with Crippen molar-refractivity contribution in [2.24, 2.45) is 5.73 Å². The summed E-state index contributed by atoms with van der Waals surface area (Å²) in [7, 11) is 0. The van der Waals surface area contributed by atoms with E-state index in [4.69, 9.17) is 5.73 Å². The fourth-order valence-corrected chi connectivity index (χ4v) is 2.68. The number of halogens is 1. The van der Waals surface area contributed by atoms with Crippen LogP contribution in [0, 0.1) is 0 Å². The first kappa shape index (κ1) is 13.1. The van der Waals surface area contributed by atoms with Gasteiger partial charge in [0.2, 0.25) is 0 Å². The van der Waals surface area contributed by atoms with Crippen molar-refractivity contribution in [1.29, 1.82) is 0 Å². The zero-order valence-electron chi connectivity index (χ0n) is 11.1. The fraction of sp³-hybridized carbons (Fsp3) is 0.538. The third-order valence-corrected chi connectivity index (χ3v) is 3.91. The zero-order chi connectivity index (χ0) is 14.3. The van der Waals surface area contributed by atoms with Crippen LogP contribution in [0.5, 0.6) is 0 Å². The maximum absolute atomic E-state index is 12.6.